The minimum Gasteiger partial charge on any atom is -0.436 e. The molecule has 0 radical (unpaired) electrons. The fraction of sp³-hybridized carbons (Fsp3) is 0.0909. The molecule has 5 heteroatoms. The summed E-state index contributed by atoms with van der Waals surface area (Å²) in [4.78, 5) is 8.17. The predicted molar refractivity (Wildman–Crippen MR) is 63.1 cm³/mol. The number of ether oxygens (including phenoxy) is 1. The Morgan fingerprint density at radius 3 is 2.81 bits per heavy atom. The maximum Gasteiger partial charge on any atom is 0.262 e. The second kappa shape index (κ2) is 4.81. The third-order valence-electron chi connectivity index (χ3n) is 1.91. The predicted octanol–water partition coefficient (Wildman–Crippen LogP) is 2.96. The van der Waals surface area contributed by atoms with E-state index in [4.69, 9.17) is 16.3 Å². The molecule has 0 fully saturated rings. The van der Waals surface area contributed by atoms with Gasteiger partial charge in [-0.3, -0.25) is 0 Å². The van der Waals surface area contributed by atoms with Crippen molar-refractivity contribution in [2.75, 3.05) is 12.4 Å². The Morgan fingerprint density at radius 1 is 1.25 bits per heavy atom. The van der Waals surface area contributed by atoms with Crippen molar-refractivity contribution >= 4 is 17.4 Å². The van der Waals surface area contributed by atoms with Crippen molar-refractivity contribution in [3.05, 3.63) is 41.7 Å². The summed E-state index contributed by atoms with van der Waals surface area (Å²) in [5.41, 5.74) is 0. The molecule has 1 N–H and O–H groups in total. The first-order chi connectivity index (χ1) is 7.79. The number of nitrogens with one attached hydrogen (secondary N) is 1. The summed E-state index contributed by atoms with van der Waals surface area (Å²) in [6.45, 7) is 0. The van der Waals surface area contributed by atoms with Gasteiger partial charge >= 0.3 is 0 Å². The summed E-state index contributed by atoms with van der Waals surface area (Å²) in [7, 11) is 1.76. The lowest BCUT2D eigenvalue weighted by atomic mass is 10.3. The number of aromatic nitrogens is 2. The van der Waals surface area contributed by atoms with E-state index in [1.54, 1.807) is 37.6 Å². The number of rotatable bonds is 3. The largest absolute Gasteiger partial charge is 0.436 e. The zero-order valence-electron chi connectivity index (χ0n) is 8.64. The maximum atomic E-state index is 5.85. The highest BCUT2D eigenvalue weighted by atomic mass is 35.5. The highest BCUT2D eigenvalue weighted by molar-refractivity contribution is 6.30. The summed E-state index contributed by atoms with van der Waals surface area (Å²) in [6.07, 6.45) is 3.16. The molecule has 1 heterocycles. The van der Waals surface area contributed by atoms with E-state index in [-0.39, 0.29) is 0 Å². The third kappa shape index (κ3) is 2.41. The molecule has 1 aromatic carbocycles. The van der Waals surface area contributed by atoms with Gasteiger partial charge < -0.3 is 10.1 Å². The molecular weight excluding hydrogens is 226 g/mol. The van der Waals surface area contributed by atoms with Crippen LogP contribution in [0.3, 0.4) is 0 Å². The molecule has 0 unspecified atom stereocenters. The fourth-order valence-corrected chi connectivity index (χ4v) is 1.39. The van der Waals surface area contributed by atoms with Gasteiger partial charge in [0.25, 0.3) is 5.88 Å². The zero-order valence-corrected chi connectivity index (χ0v) is 9.40. The van der Waals surface area contributed by atoms with E-state index in [9.17, 15) is 0 Å². The van der Waals surface area contributed by atoms with Crippen LogP contribution in [0.5, 0.6) is 11.6 Å². The molecule has 82 valence electrons. The molecule has 2 aromatic rings. The van der Waals surface area contributed by atoms with Crippen LogP contribution in [0.25, 0.3) is 0 Å². The van der Waals surface area contributed by atoms with E-state index in [1.165, 1.54) is 0 Å². The first kappa shape index (κ1) is 10.7. The first-order valence-electron chi connectivity index (χ1n) is 4.72. The molecule has 0 aliphatic rings. The lowest BCUT2D eigenvalue weighted by Crippen LogP contribution is -1.97. The van der Waals surface area contributed by atoms with Crippen molar-refractivity contribution in [3.8, 4) is 11.6 Å². The van der Waals surface area contributed by atoms with Crippen LogP contribution in [-0.4, -0.2) is 17.0 Å². The van der Waals surface area contributed by atoms with Gasteiger partial charge in [0.1, 0.15) is 5.75 Å². The summed E-state index contributed by atoms with van der Waals surface area (Å²) in [5, 5.41) is 3.52. The Hall–Kier alpha value is -1.81. The monoisotopic (exact) mass is 235 g/mol. The topological polar surface area (TPSA) is 47.0 Å². The average Bonchev–Trinajstić information content (AvgIpc) is 2.30. The number of anilines is 1. The van der Waals surface area contributed by atoms with Gasteiger partial charge in [0, 0.05) is 24.5 Å². The highest BCUT2D eigenvalue weighted by Gasteiger charge is 2.05. The maximum absolute atomic E-state index is 5.85. The highest BCUT2D eigenvalue weighted by Crippen LogP contribution is 2.26. The van der Waals surface area contributed by atoms with E-state index in [2.05, 4.69) is 15.3 Å². The van der Waals surface area contributed by atoms with Crippen molar-refractivity contribution in [3.63, 3.8) is 0 Å². The number of hydrogen-bond donors (Lipinski definition) is 1. The molecule has 1 aromatic heterocycles. The van der Waals surface area contributed by atoms with Crippen LogP contribution < -0.4 is 10.1 Å². The average molecular weight is 236 g/mol. The number of benzene rings is 1. The Balaban J connectivity index is 2.26. The van der Waals surface area contributed by atoms with Crippen LogP contribution in [0, 0.1) is 0 Å². The normalized spacial score (nSPS) is 9.88. The van der Waals surface area contributed by atoms with E-state index < -0.39 is 0 Å². The van der Waals surface area contributed by atoms with Gasteiger partial charge in [-0.1, -0.05) is 17.7 Å². The summed E-state index contributed by atoms with van der Waals surface area (Å²) in [6, 6.07) is 7.12. The first-order valence-corrected chi connectivity index (χ1v) is 5.09. The molecule has 16 heavy (non-hydrogen) atoms. The Morgan fingerprint density at radius 2 is 2.06 bits per heavy atom. The van der Waals surface area contributed by atoms with Crippen molar-refractivity contribution in [1.82, 2.24) is 9.97 Å². The number of halogens is 1. The van der Waals surface area contributed by atoms with Crippen LogP contribution in [0.15, 0.2) is 36.7 Å². The quantitative estimate of drug-likeness (QED) is 0.889. The van der Waals surface area contributed by atoms with Crippen LogP contribution in [-0.2, 0) is 0 Å². The zero-order chi connectivity index (χ0) is 11.4. The molecule has 4 nitrogen and oxygen atoms in total. The SMILES string of the molecule is CNc1nccnc1Oc1cccc(Cl)c1. The van der Waals surface area contributed by atoms with E-state index in [0.717, 1.165) is 0 Å². The fourth-order valence-electron chi connectivity index (χ4n) is 1.21. The Labute approximate surface area is 98.3 Å². The number of hydrogen-bond acceptors (Lipinski definition) is 4. The molecule has 2 rings (SSSR count). The van der Waals surface area contributed by atoms with Crippen molar-refractivity contribution in [2.45, 2.75) is 0 Å². The standard InChI is InChI=1S/C11H10ClN3O/c1-13-10-11(15-6-5-14-10)16-9-4-2-3-8(12)7-9/h2-7H,1H3,(H,13,14). The molecule has 0 saturated heterocycles. The van der Waals surface area contributed by atoms with Gasteiger partial charge in [0.2, 0.25) is 0 Å². The lowest BCUT2D eigenvalue weighted by molar-refractivity contribution is 0.463. The molecule has 0 atom stereocenters. The van der Waals surface area contributed by atoms with Crippen LogP contribution in [0.2, 0.25) is 5.02 Å². The number of nitrogens with zero attached hydrogens (tertiary/aromatic N) is 2. The molecule has 0 aliphatic carbocycles. The minimum absolute atomic E-state index is 0.423. The molecule has 0 spiro atoms. The van der Waals surface area contributed by atoms with Crippen LogP contribution in [0.1, 0.15) is 0 Å². The van der Waals surface area contributed by atoms with Gasteiger partial charge in [0.05, 0.1) is 0 Å². The summed E-state index contributed by atoms with van der Waals surface area (Å²) < 4.78 is 5.56. The smallest absolute Gasteiger partial charge is 0.262 e. The van der Waals surface area contributed by atoms with Gasteiger partial charge in [0.15, 0.2) is 5.82 Å². The van der Waals surface area contributed by atoms with Crippen molar-refractivity contribution in [2.24, 2.45) is 0 Å². The van der Waals surface area contributed by atoms with Gasteiger partial charge in [-0.05, 0) is 18.2 Å². The summed E-state index contributed by atoms with van der Waals surface area (Å²) in [5.74, 6) is 1.64. The van der Waals surface area contributed by atoms with Gasteiger partial charge in [-0.15, -0.1) is 0 Å². The van der Waals surface area contributed by atoms with E-state index in [0.29, 0.717) is 22.5 Å². The van der Waals surface area contributed by atoms with Crippen LogP contribution in [0.4, 0.5) is 5.82 Å². The second-order valence-electron chi connectivity index (χ2n) is 3.02. The Bertz CT molecular complexity index is 490. The molecule has 0 saturated carbocycles. The van der Waals surface area contributed by atoms with Crippen LogP contribution >= 0.6 is 11.6 Å². The van der Waals surface area contributed by atoms with Crippen molar-refractivity contribution < 1.29 is 4.74 Å². The van der Waals surface area contributed by atoms with Crippen molar-refractivity contribution in [1.29, 1.82) is 0 Å². The van der Waals surface area contributed by atoms with Gasteiger partial charge in [-0.25, -0.2) is 9.97 Å². The minimum atomic E-state index is 0.423. The molecule has 0 bridgehead atoms. The summed E-state index contributed by atoms with van der Waals surface area (Å²) >= 11 is 5.85. The molecule has 0 aliphatic heterocycles. The molecule has 0 amide bonds. The molecular formula is C11H10ClN3O. The lowest BCUT2D eigenvalue weighted by Gasteiger charge is -2.07. The Kier molecular flexibility index (Phi) is 3.22. The van der Waals surface area contributed by atoms with E-state index in [1.807, 2.05) is 6.07 Å². The van der Waals surface area contributed by atoms with Gasteiger partial charge in [-0.2, -0.15) is 0 Å². The third-order valence-corrected chi connectivity index (χ3v) is 2.15. The van der Waals surface area contributed by atoms with E-state index >= 15 is 0 Å². The second-order valence-corrected chi connectivity index (χ2v) is 3.46.